The summed E-state index contributed by atoms with van der Waals surface area (Å²) in [4.78, 5) is 13.6. The summed E-state index contributed by atoms with van der Waals surface area (Å²) in [5, 5.41) is 0. The lowest BCUT2D eigenvalue weighted by molar-refractivity contribution is 0.0557. The Morgan fingerprint density at radius 3 is 2.39 bits per heavy atom. The van der Waals surface area contributed by atoms with Gasteiger partial charge in [-0.15, -0.1) is 0 Å². The molecule has 0 aliphatic rings. The van der Waals surface area contributed by atoms with Crippen molar-refractivity contribution in [1.82, 2.24) is 4.90 Å². The maximum Gasteiger partial charge on any atom is 0.373 e. The Hall–Kier alpha value is -1.29. The number of carbonyl (C=O) groups is 1. The Morgan fingerprint density at radius 2 is 1.89 bits per heavy atom. The third-order valence-corrected chi connectivity index (χ3v) is 3.64. The molecule has 0 aliphatic carbocycles. The molecule has 1 aromatic heterocycles. The second-order valence-corrected chi connectivity index (χ2v) is 5.02. The van der Waals surface area contributed by atoms with E-state index >= 15 is 0 Å². The molecule has 2 unspecified atom stereocenters. The molecule has 0 radical (unpaired) electrons. The second kappa shape index (κ2) is 6.05. The van der Waals surface area contributed by atoms with Gasteiger partial charge in [0, 0.05) is 6.04 Å². The second-order valence-electron chi connectivity index (χ2n) is 5.02. The van der Waals surface area contributed by atoms with Gasteiger partial charge in [-0.3, -0.25) is 4.90 Å². The van der Waals surface area contributed by atoms with Crippen LogP contribution in [0.15, 0.2) is 16.5 Å². The number of methoxy groups -OCH3 is 1. The lowest BCUT2D eigenvalue weighted by Crippen LogP contribution is -2.35. The summed E-state index contributed by atoms with van der Waals surface area (Å²) >= 11 is 0. The summed E-state index contributed by atoms with van der Waals surface area (Å²) in [6, 6.07) is 4.05. The van der Waals surface area contributed by atoms with Crippen molar-refractivity contribution in [3.05, 3.63) is 23.7 Å². The molecule has 0 N–H and O–H groups in total. The number of rotatable bonds is 5. The predicted octanol–water partition coefficient (Wildman–Crippen LogP) is 3.10. The number of hydrogen-bond donors (Lipinski definition) is 0. The minimum absolute atomic E-state index is 0.126. The molecule has 4 heteroatoms. The summed E-state index contributed by atoms with van der Waals surface area (Å²) < 4.78 is 10.2. The van der Waals surface area contributed by atoms with Crippen molar-refractivity contribution in [2.75, 3.05) is 14.2 Å². The molecular weight excluding hydrogens is 230 g/mol. The standard InChI is InChI=1S/C14H23NO3/c1-9(2)10(3)15(5)11(4)12-7-8-13(18-12)14(16)17-6/h7-11H,1-6H3. The third-order valence-electron chi connectivity index (χ3n) is 3.64. The van der Waals surface area contributed by atoms with E-state index in [-0.39, 0.29) is 11.8 Å². The van der Waals surface area contributed by atoms with Crippen LogP contribution < -0.4 is 0 Å². The van der Waals surface area contributed by atoms with Crippen LogP contribution in [-0.2, 0) is 4.74 Å². The van der Waals surface area contributed by atoms with Gasteiger partial charge in [0.15, 0.2) is 0 Å². The lowest BCUT2D eigenvalue weighted by atomic mass is 10.0. The van der Waals surface area contributed by atoms with Gasteiger partial charge in [-0.2, -0.15) is 0 Å². The van der Waals surface area contributed by atoms with Gasteiger partial charge in [-0.05, 0) is 38.9 Å². The molecule has 0 bridgehead atoms. The maximum absolute atomic E-state index is 11.3. The van der Waals surface area contributed by atoms with Crippen LogP contribution in [0.3, 0.4) is 0 Å². The monoisotopic (exact) mass is 253 g/mol. The van der Waals surface area contributed by atoms with Crippen LogP contribution in [0.2, 0.25) is 0 Å². The zero-order valence-corrected chi connectivity index (χ0v) is 12.1. The Labute approximate surface area is 109 Å². The maximum atomic E-state index is 11.3. The minimum atomic E-state index is -0.437. The molecule has 102 valence electrons. The molecule has 18 heavy (non-hydrogen) atoms. The molecule has 0 saturated carbocycles. The number of ether oxygens (including phenoxy) is 1. The van der Waals surface area contributed by atoms with Gasteiger partial charge in [0.05, 0.1) is 13.2 Å². The van der Waals surface area contributed by atoms with Crippen LogP contribution in [0.1, 0.15) is 50.1 Å². The number of carbonyl (C=O) groups excluding carboxylic acids is 1. The van der Waals surface area contributed by atoms with Gasteiger partial charge >= 0.3 is 5.97 Å². The van der Waals surface area contributed by atoms with Crippen molar-refractivity contribution in [1.29, 1.82) is 0 Å². The van der Waals surface area contributed by atoms with Crippen molar-refractivity contribution in [3.63, 3.8) is 0 Å². The highest BCUT2D eigenvalue weighted by molar-refractivity contribution is 5.86. The van der Waals surface area contributed by atoms with Gasteiger partial charge in [0.25, 0.3) is 0 Å². The first-order valence-electron chi connectivity index (χ1n) is 6.28. The molecule has 0 aromatic carbocycles. The normalized spacial score (nSPS) is 14.9. The largest absolute Gasteiger partial charge is 0.463 e. The minimum Gasteiger partial charge on any atom is -0.463 e. The Balaban J connectivity index is 2.81. The molecule has 4 nitrogen and oxygen atoms in total. The zero-order chi connectivity index (χ0) is 13.9. The molecule has 0 fully saturated rings. The SMILES string of the molecule is COC(=O)c1ccc(C(C)N(C)C(C)C(C)C)o1. The van der Waals surface area contributed by atoms with E-state index in [1.165, 1.54) is 7.11 Å². The van der Waals surface area contributed by atoms with Crippen molar-refractivity contribution < 1.29 is 13.9 Å². The number of nitrogens with zero attached hydrogens (tertiary/aromatic N) is 1. The highest BCUT2D eigenvalue weighted by Gasteiger charge is 2.23. The molecule has 0 aliphatic heterocycles. The molecule has 0 saturated heterocycles. The quantitative estimate of drug-likeness (QED) is 0.756. The molecule has 0 spiro atoms. The molecule has 1 rings (SSSR count). The Kier molecular flexibility index (Phi) is 4.96. The summed E-state index contributed by atoms with van der Waals surface area (Å²) in [5.74, 6) is 1.16. The van der Waals surface area contributed by atoms with Gasteiger partial charge in [-0.1, -0.05) is 13.8 Å². The fraction of sp³-hybridized carbons (Fsp3) is 0.643. The first-order valence-corrected chi connectivity index (χ1v) is 6.28. The fourth-order valence-corrected chi connectivity index (χ4v) is 1.81. The highest BCUT2D eigenvalue weighted by Crippen LogP contribution is 2.25. The van der Waals surface area contributed by atoms with Crippen molar-refractivity contribution in [3.8, 4) is 0 Å². The van der Waals surface area contributed by atoms with Gasteiger partial charge in [-0.25, -0.2) is 4.79 Å². The Morgan fingerprint density at radius 1 is 1.28 bits per heavy atom. The van der Waals surface area contributed by atoms with Crippen LogP contribution in [0.4, 0.5) is 0 Å². The van der Waals surface area contributed by atoms with Gasteiger partial charge in [0.2, 0.25) is 5.76 Å². The predicted molar refractivity (Wildman–Crippen MR) is 70.5 cm³/mol. The molecular formula is C14H23NO3. The topological polar surface area (TPSA) is 42.7 Å². The van der Waals surface area contributed by atoms with Crippen LogP contribution in [0, 0.1) is 5.92 Å². The smallest absolute Gasteiger partial charge is 0.373 e. The number of furan rings is 1. The molecule has 2 atom stereocenters. The van der Waals surface area contributed by atoms with Gasteiger partial charge in [0.1, 0.15) is 5.76 Å². The van der Waals surface area contributed by atoms with E-state index in [1.54, 1.807) is 6.07 Å². The summed E-state index contributed by atoms with van der Waals surface area (Å²) in [5.41, 5.74) is 0. The van der Waals surface area contributed by atoms with E-state index in [4.69, 9.17) is 4.42 Å². The van der Waals surface area contributed by atoms with E-state index in [0.717, 1.165) is 5.76 Å². The number of esters is 1. The Bertz CT molecular complexity index is 397. The number of hydrogen-bond acceptors (Lipinski definition) is 4. The molecule has 1 heterocycles. The average molecular weight is 253 g/mol. The molecule has 1 aromatic rings. The highest BCUT2D eigenvalue weighted by atomic mass is 16.5. The van der Waals surface area contributed by atoms with Crippen LogP contribution in [0.5, 0.6) is 0 Å². The first-order chi connectivity index (χ1) is 8.38. The molecule has 0 amide bonds. The van der Waals surface area contributed by atoms with E-state index in [0.29, 0.717) is 12.0 Å². The lowest BCUT2D eigenvalue weighted by Gasteiger charge is -2.32. The van der Waals surface area contributed by atoms with Crippen molar-refractivity contribution >= 4 is 5.97 Å². The van der Waals surface area contributed by atoms with Crippen LogP contribution >= 0.6 is 0 Å². The first kappa shape index (κ1) is 14.8. The van der Waals surface area contributed by atoms with Crippen molar-refractivity contribution in [2.45, 2.75) is 39.8 Å². The fourth-order valence-electron chi connectivity index (χ4n) is 1.81. The van der Waals surface area contributed by atoms with E-state index in [9.17, 15) is 4.79 Å². The summed E-state index contributed by atoms with van der Waals surface area (Å²) in [6.45, 7) is 8.63. The van der Waals surface area contributed by atoms with E-state index in [2.05, 4.69) is 44.4 Å². The van der Waals surface area contributed by atoms with Gasteiger partial charge < -0.3 is 9.15 Å². The summed E-state index contributed by atoms with van der Waals surface area (Å²) in [6.07, 6.45) is 0. The average Bonchev–Trinajstić information content (AvgIpc) is 2.84. The summed E-state index contributed by atoms with van der Waals surface area (Å²) in [7, 11) is 3.41. The van der Waals surface area contributed by atoms with Crippen LogP contribution in [-0.4, -0.2) is 31.1 Å². The van der Waals surface area contributed by atoms with E-state index in [1.807, 2.05) is 6.07 Å². The zero-order valence-electron chi connectivity index (χ0n) is 12.1. The van der Waals surface area contributed by atoms with E-state index < -0.39 is 5.97 Å². The third kappa shape index (κ3) is 3.13. The van der Waals surface area contributed by atoms with Crippen LogP contribution in [0.25, 0.3) is 0 Å². The van der Waals surface area contributed by atoms with Crippen molar-refractivity contribution in [2.24, 2.45) is 5.92 Å².